The Kier molecular flexibility index (Phi) is 4.09. The predicted octanol–water partition coefficient (Wildman–Crippen LogP) is 2.99. The molecule has 4 nitrogen and oxygen atoms in total. The summed E-state index contributed by atoms with van der Waals surface area (Å²) in [6.45, 7) is 3.57. The fourth-order valence-corrected chi connectivity index (χ4v) is 3.54. The summed E-state index contributed by atoms with van der Waals surface area (Å²) in [7, 11) is 1.58. The zero-order valence-electron chi connectivity index (χ0n) is 12.3. The summed E-state index contributed by atoms with van der Waals surface area (Å²) in [6, 6.07) is 5.18. The maximum Gasteiger partial charge on any atom is 0.255 e. The van der Waals surface area contributed by atoms with Gasteiger partial charge < -0.3 is 14.4 Å². The lowest BCUT2D eigenvalue weighted by molar-refractivity contribution is 0.00865. The van der Waals surface area contributed by atoms with Crippen molar-refractivity contribution in [1.82, 2.24) is 4.90 Å². The Balaban J connectivity index is 1.77. The molecule has 2 fully saturated rings. The molecule has 1 aromatic rings. The lowest BCUT2D eigenvalue weighted by Crippen LogP contribution is -2.44. The number of methoxy groups -OCH3 is 1. The summed E-state index contributed by atoms with van der Waals surface area (Å²) in [4.78, 5) is 14.6. The molecule has 0 radical (unpaired) electrons. The summed E-state index contributed by atoms with van der Waals surface area (Å²) < 4.78 is 11.1. The molecule has 0 N–H and O–H groups in total. The molecule has 0 spiro atoms. The highest BCUT2D eigenvalue weighted by molar-refractivity contribution is 6.33. The first kappa shape index (κ1) is 14.7. The summed E-state index contributed by atoms with van der Waals surface area (Å²) >= 11 is 6.17. The van der Waals surface area contributed by atoms with Crippen molar-refractivity contribution in [2.45, 2.75) is 32.0 Å². The van der Waals surface area contributed by atoms with Gasteiger partial charge in [0, 0.05) is 19.0 Å². The van der Waals surface area contributed by atoms with Crippen molar-refractivity contribution in [3.05, 3.63) is 28.8 Å². The Morgan fingerprint density at radius 3 is 3.05 bits per heavy atom. The van der Waals surface area contributed by atoms with E-state index in [2.05, 4.69) is 6.92 Å². The van der Waals surface area contributed by atoms with E-state index in [1.165, 1.54) is 0 Å². The van der Waals surface area contributed by atoms with Gasteiger partial charge in [-0.15, -0.1) is 0 Å². The predicted molar refractivity (Wildman–Crippen MR) is 81.0 cm³/mol. The standard InChI is InChI=1S/C16H20ClNO3/c1-10-7-11-9-18(6-5-15(11)21-10)16(19)13-8-12(20-2)3-4-14(13)17/h3-4,8,10-11,15H,5-7,9H2,1-2H3/t10-,11-,15+/m1/s1. The Morgan fingerprint density at radius 1 is 1.48 bits per heavy atom. The summed E-state index contributed by atoms with van der Waals surface area (Å²) in [5.74, 6) is 1.08. The highest BCUT2D eigenvalue weighted by Crippen LogP contribution is 2.34. The largest absolute Gasteiger partial charge is 0.497 e. The lowest BCUT2D eigenvalue weighted by Gasteiger charge is -2.34. The summed E-state index contributed by atoms with van der Waals surface area (Å²) in [5, 5.41) is 0.471. The number of carbonyl (C=O) groups excluding carboxylic acids is 1. The van der Waals surface area contributed by atoms with Crippen LogP contribution in [0, 0.1) is 5.92 Å². The van der Waals surface area contributed by atoms with Crippen molar-refractivity contribution in [1.29, 1.82) is 0 Å². The SMILES string of the molecule is COc1ccc(Cl)c(C(=O)N2CC[C@@H]3O[C@H](C)C[C@@H]3C2)c1. The monoisotopic (exact) mass is 309 g/mol. The fraction of sp³-hybridized carbons (Fsp3) is 0.562. The third-order valence-electron chi connectivity index (χ3n) is 4.40. The van der Waals surface area contributed by atoms with E-state index in [4.69, 9.17) is 21.1 Å². The third-order valence-corrected chi connectivity index (χ3v) is 4.73. The molecular formula is C16H20ClNO3. The van der Waals surface area contributed by atoms with Gasteiger partial charge in [-0.1, -0.05) is 11.6 Å². The molecule has 21 heavy (non-hydrogen) atoms. The first-order chi connectivity index (χ1) is 10.1. The normalized spacial score (nSPS) is 28.3. The second kappa shape index (κ2) is 5.85. The first-order valence-electron chi connectivity index (χ1n) is 7.36. The fourth-order valence-electron chi connectivity index (χ4n) is 3.35. The number of rotatable bonds is 2. The maximum atomic E-state index is 12.7. The molecule has 2 saturated heterocycles. The number of nitrogens with zero attached hydrogens (tertiary/aromatic N) is 1. The van der Waals surface area contributed by atoms with E-state index in [0.29, 0.717) is 34.5 Å². The first-order valence-corrected chi connectivity index (χ1v) is 7.74. The number of benzene rings is 1. The molecule has 1 amide bonds. The zero-order chi connectivity index (χ0) is 15.0. The topological polar surface area (TPSA) is 38.8 Å². The minimum Gasteiger partial charge on any atom is -0.497 e. The number of ether oxygens (including phenoxy) is 2. The van der Waals surface area contributed by atoms with Crippen LogP contribution in [0.1, 0.15) is 30.1 Å². The van der Waals surface area contributed by atoms with Gasteiger partial charge in [0.1, 0.15) is 5.75 Å². The average Bonchev–Trinajstić information content (AvgIpc) is 2.86. The number of likely N-dealkylation sites (tertiary alicyclic amines) is 1. The van der Waals surface area contributed by atoms with E-state index in [1.807, 2.05) is 4.90 Å². The summed E-state index contributed by atoms with van der Waals surface area (Å²) in [6.07, 6.45) is 2.54. The molecular weight excluding hydrogens is 290 g/mol. The Labute approximate surface area is 130 Å². The number of fused-ring (bicyclic) bond motifs is 1. The van der Waals surface area contributed by atoms with Crippen LogP contribution < -0.4 is 4.74 Å². The van der Waals surface area contributed by atoms with Crippen molar-refractivity contribution in [2.75, 3.05) is 20.2 Å². The molecule has 114 valence electrons. The number of piperidine rings is 1. The van der Waals surface area contributed by atoms with E-state index >= 15 is 0 Å². The molecule has 3 rings (SSSR count). The molecule has 0 bridgehead atoms. The van der Waals surface area contributed by atoms with Crippen LogP contribution in [0.4, 0.5) is 0 Å². The van der Waals surface area contributed by atoms with Crippen LogP contribution in [0.2, 0.25) is 5.02 Å². The summed E-state index contributed by atoms with van der Waals surface area (Å²) in [5.41, 5.74) is 0.515. The second-order valence-electron chi connectivity index (χ2n) is 5.87. The van der Waals surface area contributed by atoms with Crippen LogP contribution in [0.3, 0.4) is 0 Å². The van der Waals surface area contributed by atoms with Gasteiger partial charge in [-0.3, -0.25) is 4.79 Å². The van der Waals surface area contributed by atoms with Crippen LogP contribution in [0.25, 0.3) is 0 Å². The number of amides is 1. The second-order valence-corrected chi connectivity index (χ2v) is 6.27. The van der Waals surface area contributed by atoms with E-state index in [9.17, 15) is 4.79 Å². The Morgan fingerprint density at radius 2 is 2.29 bits per heavy atom. The molecule has 0 unspecified atom stereocenters. The Hall–Kier alpha value is -1.26. The zero-order valence-corrected chi connectivity index (χ0v) is 13.1. The highest BCUT2D eigenvalue weighted by Gasteiger charge is 2.38. The quantitative estimate of drug-likeness (QED) is 0.843. The molecule has 0 saturated carbocycles. The van der Waals surface area contributed by atoms with E-state index < -0.39 is 0 Å². The Bertz CT molecular complexity index is 548. The van der Waals surface area contributed by atoms with Crippen LogP contribution in [-0.2, 0) is 4.74 Å². The van der Waals surface area contributed by atoms with Gasteiger partial charge in [0.25, 0.3) is 5.91 Å². The molecule has 5 heteroatoms. The molecule has 2 aliphatic heterocycles. The van der Waals surface area contributed by atoms with E-state index in [1.54, 1.807) is 25.3 Å². The molecule has 0 aromatic heterocycles. The minimum atomic E-state index is -0.0168. The third kappa shape index (κ3) is 2.87. The van der Waals surface area contributed by atoms with Gasteiger partial charge in [0.15, 0.2) is 0 Å². The highest BCUT2D eigenvalue weighted by atomic mass is 35.5. The smallest absolute Gasteiger partial charge is 0.255 e. The van der Waals surface area contributed by atoms with Crippen molar-refractivity contribution >= 4 is 17.5 Å². The van der Waals surface area contributed by atoms with Crippen LogP contribution in [-0.4, -0.2) is 43.2 Å². The minimum absolute atomic E-state index is 0.0168. The molecule has 0 aliphatic carbocycles. The van der Waals surface area contributed by atoms with Gasteiger partial charge in [0.2, 0.25) is 0 Å². The maximum absolute atomic E-state index is 12.7. The molecule has 2 heterocycles. The van der Waals surface area contributed by atoms with Crippen LogP contribution in [0.5, 0.6) is 5.75 Å². The van der Waals surface area contributed by atoms with Crippen LogP contribution in [0.15, 0.2) is 18.2 Å². The number of hydrogen-bond donors (Lipinski definition) is 0. The van der Waals surface area contributed by atoms with Crippen molar-refractivity contribution in [2.24, 2.45) is 5.92 Å². The van der Waals surface area contributed by atoms with Crippen molar-refractivity contribution in [3.63, 3.8) is 0 Å². The van der Waals surface area contributed by atoms with Crippen LogP contribution >= 0.6 is 11.6 Å². The number of carbonyl (C=O) groups is 1. The van der Waals surface area contributed by atoms with E-state index in [-0.39, 0.29) is 5.91 Å². The number of halogens is 1. The van der Waals surface area contributed by atoms with Crippen molar-refractivity contribution in [3.8, 4) is 5.75 Å². The number of hydrogen-bond acceptors (Lipinski definition) is 3. The molecule has 3 atom stereocenters. The van der Waals surface area contributed by atoms with Gasteiger partial charge >= 0.3 is 0 Å². The van der Waals surface area contributed by atoms with Gasteiger partial charge in [0.05, 0.1) is 29.9 Å². The van der Waals surface area contributed by atoms with Gasteiger partial charge in [-0.2, -0.15) is 0 Å². The lowest BCUT2D eigenvalue weighted by atomic mass is 9.92. The molecule has 1 aromatic carbocycles. The molecule has 2 aliphatic rings. The van der Waals surface area contributed by atoms with E-state index in [0.717, 1.165) is 25.9 Å². The van der Waals surface area contributed by atoms with Gasteiger partial charge in [-0.05, 0) is 38.0 Å². The van der Waals surface area contributed by atoms with Crippen molar-refractivity contribution < 1.29 is 14.3 Å². The van der Waals surface area contributed by atoms with Gasteiger partial charge in [-0.25, -0.2) is 0 Å². The average molecular weight is 310 g/mol.